The predicted molar refractivity (Wildman–Crippen MR) is 102 cm³/mol. The maximum atomic E-state index is 12.9. The first-order chi connectivity index (χ1) is 13.0. The number of hydrogen-bond acceptors (Lipinski definition) is 4. The molecule has 1 heterocycles. The molecule has 1 aliphatic heterocycles. The zero-order valence-electron chi connectivity index (χ0n) is 16.5. The monoisotopic (exact) mass is 374 g/mol. The van der Waals surface area contributed by atoms with Gasteiger partial charge in [-0.05, 0) is 43.4 Å². The van der Waals surface area contributed by atoms with Crippen LogP contribution in [0.4, 0.5) is 4.79 Å². The Labute approximate surface area is 161 Å². The second-order valence-corrected chi connectivity index (χ2v) is 7.83. The molecule has 0 spiro atoms. The standard InChI is InChI=1S/C21H30N2O4/c1-4-21(5-2)18(24)23(19(25)22-21)14-20(10-7-11-20)15-27-17-9-6-8-16(12-17)13-26-3/h6,8-9,12H,4-5,7,10-11,13-15H2,1-3H3,(H,22,25). The second-order valence-electron chi connectivity index (χ2n) is 7.83. The highest BCUT2D eigenvalue weighted by molar-refractivity contribution is 6.07. The summed E-state index contributed by atoms with van der Waals surface area (Å²) < 4.78 is 11.2. The van der Waals surface area contributed by atoms with E-state index >= 15 is 0 Å². The van der Waals surface area contributed by atoms with E-state index in [1.165, 1.54) is 4.90 Å². The van der Waals surface area contributed by atoms with Gasteiger partial charge in [-0.25, -0.2) is 4.79 Å². The molecule has 1 aliphatic carbocycles. The summed E-state index contributed by atoms with van der Waals surface area (Å²) in [6.07, 6.45) is 4.25. The van der Waals surface area contributed by atoms with E-state index < -0.39 is 5.54 Å². The van der Waals surface area contributed by atoms with E-state index in [9.17, 15) is 9.59 Å². The summed E-state index contributed by atoms with van der Waals surface area (Å²) in [4.78, 5) is 26.8. The lowest BCUT2D eigenvalue weighted by molar-refractivity contribution is -0.133. The normalized spacial score (nSPS) is 20.3. The molecule has 0 aromatic heterocycles. The van der Waals surface area contributed by atoms with E-state index in [2.05, 4.69) is 5.32 Å². The zero-order valence-corrected chi connectivity index (χ0v) is 16.5. The summed E-state index contributed by atoms with van der Waals surface area (Å²) in [5, 5.41) is 2.92. The molecular weight excluding hydrogens is 344 g/mol. The quantitative estimate of drug-likeness (QED) is 0.672. The molecule has 3 rings (SSSR count). The maximum absolute atomic E-state index is 12.9. The fourth-order valence-corrected chi connectivity index (χ4v) is 4.04. The van der Waals surface area contributed by atoms with E-state index in [-0.39, 0.29) is 17.4 Å². The second kappa shape index (κ2) is 7.89. The van der Waals surface area contributed by atoms with Crippen molar-refractivity contribution in [1.82, 2.24) is 10.2 Å². The number of nitrogens with zero attached hydrogens (tertiary/aromatic N) is 1. The molecule has 1 aromatic carbocycles. The van der Waals surface area contributed by atoms with Gasteiger partial charge in [0, 0.05) is 19.1 Å². The molecule has 6 nitrogen and oxygen atoms in total. The van der Waals surface area contributed by atoms with Crippen molar-refractivity contribution in [3.05, 3.63) is 29.8 Å². The summed E-state index contributed by atoms with van der Waals surface area (Å²) in [5.41, 5.74) is 0.168. The Bertz CT molecular complexity index is 695. The van der Waals surface area contributed by atoms with Gasteiger partial charge in [0.25, 0.3) is 5.91 Å². The van der Waals surface area contributed by atoms with Crippen molar-refractivity contribution in [2.24, 2.45) is 5.41 Å². The Kier molecular flexibility index (Phi) is 5.75. The van der Waals surface area contributed by atoms with Crippen LogP contribution in [0, 0.1) is 5.41 Å². The SMILES string of the molecule is CCC1(CC)NC(=O)N(CC2(COc3cccc(COC)c3)CCC2)C1=O. The van der Waals surface area contributed by atoms with E-state index in [1.54, 1.807) is 7.11 Å². The summed E-state index contributed by atoms with van der Waals surface area (Å²) in [5.74, 6) is 0.704. The van der Waals surface area contributed by atoms with Crippen LogP contribution in [-0.2, 0) is 16.1 Å². The number of nitrogens with one attached hydrogen (secondary N) is 1. The first-order valence-corrected chi connectivity index (χ1v) is 9.82. The van der Waals surface area contributed by atoms with Gasteiger partial charge in [-0.15, -0.1) is 0 Å². The van der Waals surface area contributed by atoms with Crippen LogP contribution >= 0.6 is 0 Å². The van der Waals surface area contributed by atoms with E-state index in [0.29, 0.717) is 32.6 Å². The number of carbonyl (C=O) groups excluding carboxylic acids is 2. The van der Waals surface area contributed by atoms with Crippen LogP contribution < -0.4 is 10.1 Å². The van der Waals surface area contributed by atoms with Crippen molar-refractivity contribution in [1.29, 1.82) is 0 Å². The fraction of sp³-hybridized carbons (Fsp3) is 0.619. The number of urea groups is 1. The van der Waals surface area contributed by atoms with E-state index in [4.69, 9.17) is 9.47 Å². The van der Waals surface area contributed by atoms with Crippen molar-refractivity contribution in [2.45, 2.75) is 58.1 Å². The highest BCUT2D eigenvalue weighted by Gasteiger charge is 2.52. The Morgan fingerprint density at radius 2 is 1.93 bits per heavy atom. The van der Waals surface area contributed by atoms with Crippen molar-refractivity contribution in [3.63, 3.8) is 0 Å². The van der Waals surface area contributed by atoms with Crippen LogP contribution in [0.3, 0.4) is 0 Å². The van der Waals surface area contributed by atoms with Gasteiger partial charge in [0.05, 0.1) is 13.2 Å². The van der Waals surface area contributed by atoms with Gasteiger partial charge in [-0.2, -0.15) is 0 Å². The average molecular weight is 374 g/mol. The number of methoxy groups -OCH3 is 1. The number of rotatable bonds is 9. The minimum absolute atomic E-state index is 0.0918. The third kappa shape index (κ3) is 3.81. The van der Waals surface area contributed by atoms with Gasteiger partial charge in [-0.1, -0.05) is 32.4 Å². The maximum Gasteiger partial charge on any atom is 0.325 e. The fourth-order valence-electron chi connectivity index (χ4n) is 4.04. The van der Waals surface area contributed by atoms with E-state index in [0.717, 1.165) is 30.6 Å². The molecule has 27 heavy (non-hydrogen) atoms. The molecule has 2 aliphatic rings. The Morgan fingerprint density at radius 3 is 2.48 bits per heavy atom. The number of benzene rings is 1. The molecule has 1 saturated heterocycles. The molecule has 3 amide bonds. The lowest BCUT2D eigenvalue weighted by Gasteiger charge is -2.43. The third-order valence-corrected chi connectivity index (χ3v) is 6.12. The molecule has 0 bridgehead atoms. The van der Waals surface area contributed by atoms with Crippen molar-refractivity contribution < 1.29 is 19.1 Å². The first kappa shape index (κ1) is 19.7. The molecule has 148 valence electrons. The third-order valence-electron chi connectivity index (χ3n) is 6.12. The van der Waals surface area contributed by atoms with Gasteiger partial charge in [0.1, 0.15) is 11.3 Å². The Hall–Kier alpha value is -2.08. The van der Waals surface area contributed by atoms with Gasteiger partial charge < -0.3 is 14.8 Å². The number of ether oxygens (including phenoxy) is 2. The van der Waals surface area contributed by atoms with Crippen LogP contribution in [0.2, 0.25) is 0 Å². The summed E-state index contributed by atoms with van der Waals surface area (Å²) in [7, 11) is 1.67. The van der Waals surface area contributed by atoms with Gasteiger partial charge in [-0.3, -0.25) is 9.69 Å². The smallest absolute Gasteiger partial charge is 0.325 e. The van der Waals surface area contributed by atoms with Crippen molar-refractivity contribution in [2.75, 3.05) is 20.3 Å². The number of amides is 3. The van der Waals surface area contributed by atoms with Crippen molar-refractivity contribution >= 4 is 11.9 Å². The zero-order chi connectivity index (χ0) is 19.5. The molecule has 6 heteroatoms. The number of hydrogen-bond donors (Lipinski definition) is 1. The Morgan fingerprint density at radius 1 is 1.19 bits per heavy atom. The van der Waals surface area contributed by atoms with Gasteiger partial charge >= 0.3 is 6.03 Å². The van der Waals surface area contributed by atoms with Crippen LogP contribution in [0.25, 0.3) is 0 Å². The summed E-state index contributed by atoms with van der Waals surface area (Å²) in [6.45, 7) is 5.37. The molecule has 1 aromatic rings. The predicted octanol–water partition coefficient (Wildman–Crippen LogP) is 3.49. The molecule has 0 unspecified atom stereocenters. The summed E-state index contributed by atoms with van der Waals surface area (Å²) in [6, 6.07) is 7.59. The molecular formula is C21H30N2O4. The van der Waals surface area contributed by atoms with Crippen LogP contribution in [0.5, 0.6) is 5.75 Å². The lowest BCUT2D eigenvalue weighted by atomic mass is 9.69. The molecule has 0 atom stereocenters. The molecule has 1 N–H and O–H groups in total. The average Bonchev–Trinajstić information content (AvgIpc) is 2.88. The van der Waals surface area contributed by atoms with Crippen molar-refractivity contribution in [3.8, 4) is 5.75 Å². The number of imide groups is 1. The highest BCUT2D eigenvalue weighted by Crippen LogP contribution is 2.43. The van der Waals surface area contributed by atoms with E-state index in [1.807, 2.05) is 38.1 Å². The van der Waals surface area contributed by atoms with Crippen LogP contribution in [0.15, 0.2) is 24.3 Å². The summed E-state index contributed by atoms with van der Waals surface area (Å²) >= 11 is 0. The molecule has 0 radical (unpaired) electrons. The lowest BCUT2D eigenvalue weighted by Crippen LogP contribution is -2.50. The van der Waals surface area contributed by atoms with Gasteiger partial charge in [0.2, 0.25) is 0 Å². The van der Waals surface area contributed by atoms with Gasteiger partial charge in [0.15, 0.2) is 0 Å². The molecule has 2 fully saturated rings. The Balaban J connectivity index is 1.67. The number of carbonyl (C=O) groups is 2. The van der Waals surface area contributed by atoms with Crippen LogP contribution in [0.1, 0.15) is 51.5 Å². The van der Waals surface area contributed by atoms with Crippen LogP contribution in [-0.4, -0.2) is 42.6 Å². The molecule has 1 saturated carbocycles. The first-order valence-electron chi connectivity index (χ1n) is 9.82. The minimum Gasteiger partial charge on any atom is -0.493 e. The minimum atomic E-state index is -0.739. The largest absolute Gasteiger partial charge is 0.493 e. The highest BCUT2D eigenvalue weighted by atomic mass is 16.5. The topological polar surface area (TPSA) is 67.9 Å².